The minimum absolute atomic E-state index is 0.0497. The van der Waals surface area contributed by atoms with Gasteiger partial charge in [0.2, 0.25) is 0 Å². The number of pyridine rings is 1. The van der Waals surface area contributed by atoms with Crippen LogP contribution in [0.25, 0.3) is 11.0 Å². The summed E-state index contributed by atoms with van der Waals surface area (Å²) in [5.74, 6) is -0.0497. The second-order valence-corrected chi connectivity index (χ2v) is 8.11. The Morgan fingerprint density at radius 3 is 2.69 bits per heavy atom. The maximum Gasteiger partial charge on any atom is 0.269 e. The number of carbonyl (C=O) groups excluding carboxylic acids is 1. The van der Waals surface area contributed by atoms with Crippen LogP contribution in [0, 0.1) is 0 Å². The topological polar surface area (TPSA) is 57.8 Å². The molecule has 6 heteroatoms. The third kappa shape index (κ3) is 3.74. The molecule has 0 bridgehead atoms. The van der Waals surface area contributed by atoms with Crippen molar-refractivity contribution >= 4 is 40.3 Å². The second kappa shape index (κ2) is 7.72. The van der Waals surface area contributed by atoms with E-state index in [1.54, 1.807) is 18.0 Å². The highest BCUT2D eigenvalue weighted by Crippen LogP contribution is 2.36. The van der Waals surface area contributed by atoms with E-state index in [4.69, 9.17) is 11.6 Å². The molecule has 26 heavy (non-hydrogen) atoms. The van der Waals surface area contributed by atoms with Crippen molar-refractivity contribution in [2.45, 2.75) is 47.9 Å². The summed E-state index contributed by atoms with van der Waals surface area (Å²) in [7, 11) is 0. The monoisotopic (exact) mass is 385 g/mol. The van der Waals surface area contributed by atoms with E-state index >= 15 is 0 Å². The summed E-state index contributed by atoms with van der Waals surface area (Å²) in [6.45, 7) is 0. The maximum atomic E-state index is 12.9. The molecular weight excluding hydrogens is 366 g/mol. The Morgan fingerprint density at radius 1 is 1.15 bits per heavy atom. The third-order valence-corrected chi connectivity index (χ3v) is 6.11. The van der Waals surface area contributed by atoms with Crippen LogP contribution in [-0.2, 0) is 0 Å². The molecule has 4 rings (SSSR count). The number of halogens is 1. The van der Waals surface area contributed by atoms with Gasteiger partial charge < -0.3 is 10.3 Å². The fraction of sp³-hybridized carbons (Fsp3) is 0.300. The zero-order valence-corrected chi connectivity index (χ0v) is 15.9. The smallest absolute Gasteiger partial charge is 0.269 e. The number of fused-ring (bicyclic) bond motifs is 1. The molecule has 0 saturated heterocycles. The summed E-state index contributed by atoms with van der Waals surface area (Å²) >= 11 is 7.55. The largest absolute Gasteiger partial charge is 0.348 e. The van der Waals surface area contributed by atoms with Gasteiger partial charge in [-0.3, -0.25) is 4.79 Å². The summed E-state index contributed by atoms with van der Waals surface area (Å²) < 4.78 is 0. The first-order valence-electron chi connectivity index (χ1n) is 8.92. The van der Waals surface area contributed by atoms with Gasteiger partial charge in [-0.2, -0.15) is 0 Å². The zero-order valence-electron chi connectivity index (χ0n) is 14.3. The number of benzene rings is 1. The number of nitrogens with one attached hydrogen (secondary N) is 2. The van der Waals surface area contributed by atoms with Crippen molar-refractivity contribution in [2.75, 3.05) is 0 Å². The molecule has 0 unspecified atom stereocenters. The number of rotatable bonds is 4. The van der Waals surface area contributed by atoms with Crippen molar-refractivity contribution in [3.8, 4) is 0 Å². The molecule has 1 aromatic carbocycles. The van der Waals surface area contributed by atoms with Crippen LogP contribution in [-0.4, -0.2) is 21.9 Å². The van der Waals surface area contributed by atoms with E-state index in [1.165, 1.54) is 19.3 Å². The molecule has 0 aliphatic heterocycles. The number of H-pyrrole nitrogens is 1. The summed E-state index contributed by atoms with van der Waals surface area (Å²) in [5, 5.41) is 4.86. The molecule has 4 nitrogen and oxygen atoms in total. The minimum atomic E-state index is -0.0497. The lowest BCUT2D eigenvalue weighted by molar-refractivity contribution is 0.0920. The summed E-state index contributed by atoms with van der Waals surface area (Å²) in [6, 6.07) is 11.8. The highest BCUT2D eigenvalue weighted by Gasteiger charge is 2.22. The Bertz CT molecular complexity index is 916. The first-order chi connectivity index (χ1) is 12.7. The number of nitrogens with zero attached hydrogens (tertiary/aromatic N) is 1. The number of amides is 1. The Balaban J connectivity index is 1.66. The molecule has 2 heterocycles. The lowest BCUT2D eigenvalue weighted by Crippen LogP contribution is -2.36. The van der Waals surface area contributed by atoms with Gasteiger partial charge in [0.25, 0.3) is 5.91 Å². The van der Waals surface area contributed by atoms with Gasteiger partial charge in [0.05, 0.1) is 4.90 Å². The highest BCUT2D eigenvalue weighted by molar-refractivity contribution is 7.99. The van der Waals surface area contributed by atoms with E-state index in [1.807, 2.05) is 36.4 Å². The Hall–Kier alpha value is -1.98. The van der Waals surface area contributed by atoms with Crippen LogP contribution in [0.15, 0.2) is 52.4 Å². The molecule has 1 aliphatic rings. The van der Waals surface area contributed by atoms with Crippen molar-refractivity contribution in [2.24, 2.45) is 0 Å². The molecule has 1 amide bonds. The highest BCUT2D eigenvalue weighted by atomic mass is 35.5. The molecule has 2 aromatic heterocycles. The van der Waals surface area contributed by atoms with Gasteiger partial charge in [-0.1, -0.05) is 42.6 Å². The predicted octanol–water partition coefficient (Wildman–Crippen LogP) is 5.43. The number of carbonyl (C=O) groups is 1. The standard InChI is InChI=1S/C20H20ClN3OS/c21-13-8-10-15(11-9-13)26-18-16-7-4-12-22-19(16)24-17(18)20(25)23-14-5-2-1-3-6-14/h4,7-12,14H,1-3,5-6H2,(H,22,24)(H,23,25). The summed E-state index contributed by atoms with van der Waals surface area (Å²) in [6.07, 6.45) is 7.49. The average Bonchev–Trinajstić information content (AvgIpc) is 3.03. The molecule has 0 spiro atoms. The number of hydrogen-bond donors (Lipinski definition) is 2. The molecule has 134 valence electrons. The van der Waals surface area contributed by atoms with Crippen LogP contribution in [0.4, 0.5) is 0 Å². The van der Waals surface area contributed by atoms with Crippen molar-refractivity contribution in [1.82, 2.24) is 15.3 Å². The molecular formula is C20H20ClN3OS. The normalized spacial score (nSPS) is 15.3. The predicted molar refractivity (Wildman–Crippen MR) is 106 cm³/mol. The van der Waals surface area contributed by atoms with Gasteiger partial charge in [-0.25, -0.2) is 4.98 Å². The lowest BCUT2D eigenvalue weighted by Gasteiger charge is -2.22. The van der Waals surface area contributed by atoms with E-state index in [0.717, 1.165) is 33.7 Å². The Kier molecular flexibility index (Phi) is 5.18. The van der Waals surface area contributed by atoms with E-state index in [-0.39, 0.29) is 11.9 Å². The minimum Gasteiger partial charge on any atom is -0.348 e. The van der Waals surface area contributed by atoms with Gasteiger partial charge >= 0.3 is 0 Å². The lowest BCUT2D eigenvalue weighted by atomic mass is 9.95. The number of aromatic nitrogens is 2. The van der Waals surface area contributed by atoms with Gasteiger partial charge in [-0.15, -0.1) is 0 Å². The molecule has 1 saturated carbocycles. The van der Waals surface area contributed by atoms with Gasteiger partial charge in [0.1, 0.15) is 11.3 Å². The number of aromatic amines is 1. The molecule has 3 aromatic rings. The molecule has 1 aliphatic carbocycles. The van der Waals surface area contributed by atoms with Crippen LogP contribution in [0.1, 0.15) is 42.6 Å². The zero-order chi connectivity index (χ0) is 17.9. The van der Waals surface area contributed by atoms with E-state index in [9.17, 15) is 4.79 Å². The first kappa shape index (κ1) is 17.4. The molecule has 0 radical (unpaired) electrons. The maximum absolute atomic E-state index is 12.9. The molecule has 0 atom stereocenters. The Labute approximate surface area is 161 Å². The third-order valence-electron chi connectivity index (χ3n) is 4.72. The van der Waals surface area contributed by atoms with Gasteiger partial charge in [-0.05, 0) is 49.2 Å². The summed E-state index contributed by atoms with van der Waals surface area (Å²) in [5.41, 5.74) is 1.32. The van der Waals surface area contributed by atoms with Crippen molar-refractivity contribution in [1.29, 1.82) is 0 Å². The summed E-state index contributed by atoms with van der Waals surface area (Å²) in [4.78, 5) is 22.5. The van der Waals surface area contributed by atoms with E-state index < -0.39 is 0 Å². The molecule has 2 N–H and O–H groups in total. The second-order valence-electron chi connectivity index (χ2n) is 6.59. The van der Waals surface area contributed by atoms with Gasteiger partial charge in [0, 0.05) is 27.5 Å². The average molecular weight is 386 g/mol. The van der Waals surface area contributed by atoms with Gasteiger partial charge in [0.15, 0.2) is 0 Å². The van der Waals surface area contributed by atoms with E-state index in [0.29, 0.717) is 10.7 Å². The first-order valence-corrected chi connectivity index (χ1v) is 10.1. The number of hydrogen-bond acceptors (Lipinski definition) is 3. The van der Waals surface area contributed by atoms with Crippen LogP contribution < -0.4 is 5.32 Å². The van der Waals surface area contributed by atoms with E-state index in [2.05, 4.69) is 15.3 Å². The van der Waals surface area contributed by atoms with Crippen LogP contribution in [0.2, 0.25) is 5.02 Å². The fourth-order valence-electron chi connectivity index (χ4n) is 3.39. The quantitative estimate of drug-likeness (QED) is 0.629. The van der Waals surface area contributed by atoms with Crippen LogP contribution in [0.5, 0.6) is 0 Å². The van der Waals surface area contributed by atoms with Crippen molar-refractivity contribution < 1.29 is 4.79 Å². The Morgan fingerprint density at radius 2 is 1.92 bits per heavy atom. The SMILES string of the molecule is O=C(NC1CCCCC1)c1[nH]c2ncccc2c1Sc1ccc(Cl)cc1. The van der Waals surface area contributed by atoms with Crippen molar-refractivity contribution in [3.63, 3.8) is 0 Å². The van der Waals surface area contributed by atoms with Crippen LogP contribution in [0.3, 0.4) is 0 Å². The van der Waals surface area contributed by atoms with Crippen molar-refractivity contribution in [3.05, 3.63) is 53.3 Å². The molecule has 1 fully saturated rings. The van der Waals surface area contributed by atoms with Crippen LogP contribution >= 0.6 is 23.4 Å². The fourth-order valence-corrected chi connectivity index (χ4v) is 4.54.